The van der Waals surface area contributed by atoms with Crippen LogP contribution in [0.25, 0.3) is 0 Å². The highest BCUT2D eigenvalue weighted by atomic mass is 32.2. The second-order valence-corrected chi connectivity index (χ2v) is 10.3. The molecule has 1 saturated carbocycles. The maximum atomic E-state index is 12.9. The summed E-state index contributed by atoms with van der Waals surface area (Å²) < 4.78 is 29.1. The van der Waals surface area contributed by atoms with Gasteiger partial charge >= 0.3 is 5.97 Å². The molecule has 4 rings (SSSR count). The maximum absolute atomic E-state index is 12.9. The monoisotopic (exact) mass is 456 g/mol. The molecule has 1 unspecified atom stereocenters. The number of sulfone groups is 1. The van der Waals surface area contributed by atoms with Crippen LogP contribution < -0.4 is 10.2 Å². The van der Waals surface area contributed by atoms with Crippen LogP contribution >= 0.6 is 0 Å². The summed E-state index contributed by atoms with van der Waals surface area (Å²) in [6.07, 6.45) is 2.14. The Morgan fingerprint density at radius 3 is 2.25 bits per heavy atom. The molecule has 2 aromatic rings. The van der Waals surface area contributed by atoms with E-state index in [9.17, 15) is 22.8 Å². The van der Waals surface area contributed by atoms with Gasteiger partial charge in [-0.25, -0.2) is 13.2 Å². The van der Waals surface area contributed by atoms with Gasteiger partial charge in [0.25, 0.3) is 5.91 Å². The van der Waals surface area contributed by atoms with Crippen molar-refractivity contribution in [3.63, 3.8) is 0 Å². The van der Waals surface area contributed by atoms with Crippen molar-refractivity contribution in [1.29, 1.82) is 0 Å². The number of ether oxygens (including phenoxy) is 1. The van der Waals surface area contributed by atoms with Crippen molar-refractivity contribution < 1.29 is 27.5 Å². The molecule has 32 heavy (non-hydrogen) atoms. The molecule has 1 atom stereocenters. The number of amides is 2. The van der Waals surface area contributed by atoms with Crippen molar-refractivity contribution in [3.05, 3.63) is 60.2 Å². The smallest absolute Gasteiger partial charge is 0.338 e. The van der Waals surface area contributed by atoms with Gasteiger partial charge in [0.2, 0.25) is 5.91 Å². The normalized spacial score (nSPS) is 19.2. The number of anilines is 2. The molecule has 168 valence electrons. The lowest BCUT2D eigenvalue weighted by Gasteiger charge is -2.28. The SMILES string of the molecule is O=C(OCC(=O)N(c1ccccc1)C1CCS(=O)(=O)C1)c1ccc(NC(=O)C2CC2)cc1. The van der Waals surface area contributed by atoms with Gasteiger partial charge in [0.15, 0.2) is 16.4 Å². The molecule has 2 fully saturated rings. The number of carbonyl (C=O) groups is 3. The molecule has 1 aliphatic carbocycles. The Morgan fingerprint density at radius 1 is 0.969 bits per heavy atom. The van der Waals surface area contributed by atoms with E-state index in [2.05, 4.69) is 5.32 Å². The highest BCUT2D eigenvalue weighted by Crippen LogP contribution is 2.30. The Balaban J connectivity index is 1.39. The molecule has 1 N–H and O–H groups in total. The topological polar surface area (TPSA) is 110 Å². The molecule has 2 amide bonds. The lowest BCUT2D eigenvalue weighted by atomic mass is 10.2. The van der Waals surface area contributed by atoms with Gasteiger partial charge in [-0.2, -0.15) is 0 Å². The lowest BCUT2D eigenvalue weighted by Crippen LogP contribution is -2.43. The van der Waals surface area contributed by atoms with Crippen molar-refractivity contribution in [2.24, 2.45) is 5.92 Å². The third-order valence-corrected chi connectivity index (χ3v) is 7.29. The number of hydrogen-bond acceptors (Lipinski definition) is 6. The van der Waals surface area contributed by atoms with Crippen LogP contribution in [0.4, 0.5) is 11.4 Å². The first kappa shape index (κ1) is 22.0. The largest absolute Gasteiger partial charge is 0.452 e. The molecule has 1 heterocycles. The van der Waals surface area contributed by atoms with E-state index < -0.39 is 34.4 Å². The molecular formula is C23H24N2O6S. The summed E-state index contributed by atoms with van der Waals surface area (Å²) in [6, 6.07) is 14.5. The Hall–Kier alpha value is -3.20. The van der Waals surface area contributed by atoms with E-state index in [0.29, 0.717) is 17.8 Å². The molecule has 0 bridgehead atoms. The van der Waals surface area contributed by atoms with Crippen LogP contribution in [0, 0.1) is 5.92 Å². The van der Waals surface area contributed by atoms with Crippen LogP contribution in [0.5, 0.6) is 0 Å². The first-order valence-electron chi connectivity index (χ1n) is 10.5. The van der Waals surface area contributed by atoms with Crippen molar-refractivity contribution in [2.45, 2.75) is 25.3 Å². The zero-order valence-electron chi connectivity index (χ0n) is 17.4. The number of nitrogens with one attached hydrogen (secondary N) is 1. The van der Waals surface area contributed by atoms with Crippen LogP contribution in [-0.2, 0) is 24.2 Å². The summed E-state index contributed by atoms with van der Waals surface area (Å²) in [7, 11) is -3.20. The number of esters is 1. The van der Waals surface area contributed by atoms with Gasteiger partial charge in [-0.1, -0.05) is 18.2 Å². The van der Waals surface area contributed by atoms with Crippen molar-refractivity contribution in [1.82, 2.24) is 0 Å². The van der Waals surface area contributed by atoms with Gasteiger partial charge in [0, 0.05) is 17.3 Å². The third kappa shape index (κ3) is 5.34. The van der Waals surface area contributed by atoms with Crippen LogP contribution in [0.15, 0.2) is 54.6 Å². The predicted octanol–water partition coefficient (Wildman–Crippen LogP) is 2.41. The Labute approximate surface area is 186 Å². The molecule has 2 aliphatic rings. The molecule has 2 aromatic carbocycles. The maximum Gasteiger partial charge on any atom is 0.338 e. The number of para-hydroxylation sites is 1. The summed E-state index contributed by atoms with van der Waals surface area (Å²) >= 11 is 0. The van der Waals surface area contributed by atoms with E-state index >= 15 is 0 Å². The minimum absolute atomic E-state index is 0.0255. The lowest BCUT2D eigenvalue weighted by molar-refractivity contribution is -0.122. The van der Waals surface area contributed by atoms with E-state index in [4.69, 9.17) is 4.74 Å². The van der Waals surface area contributed by atoms with Gasteiger partial charge in [0.1, 0.15) is 0 Å². The molecule has 1 aliphatic heterocycles. The molecule has 8 nitrogen and oxygen atoms in total. The van der Waals surface area contributed by atoms with E-state index in [1.807, 2.05) is 0 Å². The number of nitrogens with zero attached hydrogens (tertiary/aromatic N) is 1. The van der Waals surface area contributed by atoms with E-state index in [0.717, 1.165) is 12.8 Å². The van der Waals surface area contributed by atoms with Crippen molar-refractivity contribution in [2.75, 3.05) is 28.3 Å². The van der Waals surface area contributed by atoms with E-state index in [1.165, 1.54) is 17.0 Å². The Bertz CT molecular complexity index is 1110. The van der Waals surface area contributed by atoms with Gasteiger partial charge in [-0.15, -0.1) is 0 Å². The highest BCUT2D eigenvalue weighted by molar-refractivity contribution is 7.91. The molecule has 9 heteroatoms. The van der Waals surface area contributed by atoms with E-state index in [1.54, 1.807) is 42.5 Å². The average Bonchev–Trinajstić information content (AvgIpc) is 3.57. The van der Waals surface area contributed by atoms with Gasteiger partial charge in [-0.05, 0) is 55.7 Å². The fraction of sp³-hybridized carbons (Fsp3) is 0.348. The molecular weight excluding hydrogens is 432 g/mol. The summed E-state index contributed by atoms with van der Waals surface area (Å²) in [5, 5.41) is 2.79. The quantitative estimate of drug-likeness (QED) is 0.641. The fourth-order valence-corrected chi connectivity index (χ4v) is 5.39. The minimum Gasteiger partial charge on any atom is -0.452 e. The number of rotatable bonds is 7. The zero-order valence-corrected chi connectivity index (χ0v) is 18.2. The average molecular weight is 457 g/mol. The van der Waals surface area contributed by atoms with Crippen LogP contribution in [0.3, 0.4) is 0 Å². The van der Waals surface area contributed by atoms with Gasteiger partial charge < -0.3 is 15.0 Å². The first-order chi connectivity index (χ1) is 15.3. The minimum atomic E-state index is -3.20. The summed E-state index contributed by atoms with van der Waals surface area (Å²) in [4.78, 5) is 38.6. The number of benzene rings is 2. The van der Waals surface area contributed by atoms with Crippen LogP contribution in [-0.4, -0.2) is 50.4 Å². The Kier molecular flexibility index (Phi) is 6.27. The first-order valence-corrected chi connectivity index (χ1v) is 12.3. The molecule has 1 saturated heterocycles. The van der Waals surface area contributed by atoms with Crippen LogP contribution in [0.2, 0.25) is 0 Å². The van der Waals surface area contributed by atoms with Gasteiger partial charge in [-0.3, -0.25) is 9.59 Å². The second-order valence-electron chi connectivity index (χ2n) is 8.07. The fourth-order valence-electron chi connectivity index (χ4n) is 3.69. The zero-order chi connectivity index (χ0) is 22.7. The molecule has 0 spiro atoms. The van der Waals surface area contributed by atoms with Gasteiger partial charge in [0.05, 0.1) is 23.1 Å². The Morgan fingerprint density at radius 2 is 1.66 bits per heavy atom. The summed E-state index contributed by atoms with van der Waals surface area (Å²) in [5.41, 5.74) is 1.40. The summed E-state index contributed by atoms with van der Waals surface area (Å²) in [6.45, 7) is -0.509. The number of hydrogen-bond donors (Lipinski definition) is 1. The highest BCUT2D eigenvalue weighted by Gasteiger charge is 2.36. The third-order valence-electron chi connectivity index (χ3n) is 5.54. The standard InChI is InChI=1S/C23H24N2O6S/c26-21(25(19-4-2-1-3-5-19)20-12-13-32(29,30)15-20)14-31-23(28)17-8-10-18(11-9-17)24-22(27)16-6-7-16/h1-5,8-11,16,20H,6-7,12-15H2,(H,24,27). The van der Waals surface area contributed by atoms with Crippen molar-refractivity contribution >= 4 is 39.0 Å². The number of carbonyl (C=O) groups excluding carboxylic acids is 3. The molecule has 0 aromatic heterocycles. The molecule has 0 radical (unpaired) electrons. The van der Waals surface area contributed by atoms with Crippen LogP contribution in [0.1, 0.15) is 29.6 Å². The van der Waals surface area contributed by atoms with Crippen molar-refractivity contribution in [3.8, 4) is 0 Å². The second kappa shape index (κ2) is 9.12. The summed E-state index contributed by atoms with van der Waals surface area (Å²) in [5.74, 6) is -1.20. The van der Waals surface area contributed by atoms with E-state index in [-0.39, 0.29) is 28.9 Å². The predicted molar refractivity (Wildman–Crippen MR) is 119 cm³/mol.